The van der Waals surface area contributed by atoms with Crippen LogP contribution in [0.5, 0.6) is 11.5 Å². The molecule has 0 aromatic heterocycles. The SMILES string of the molecule is Cc1ccc(Oc2c(F)cc(C(F)(F)F)cc2F)c(NCC(O)CO)c1. The third kappa shape index (κ3) is 4.83. The highest BCUT2D eigenvalue weighted by Crippen LogP contribution is 2.37. The van der Waals surface area contributed by atoms with Crippen LogP contribution in [-0.4, -0.2) is 29.5 Å². The minimum atomic E-state index is -4.89. The topological polar surface area (TPSA) is 61.7 Å². The number of halogens is 5. The van der Waals surface area contributed by atoms with Gasteiger partial charge in [-0.3, -0.25) is 0 Å². The Balaban J connectivity index is 2.34. The molecule has 0 heterocycles. The largest absolute Gasteiger partial charge is 0.449 e. The van der Waals surface area contributed by atoms with Crippen LogP contribution in [-0.2, 0) is 6.18 Å². The standard InChI is InChI=1S/C17H16F5NO3/c1-9-2-3-15(14(4-9)23-7-11(25)8-24)26-16-12(18)5-10(6-13(16)19)17(20,21)22/h2-6,11,23-25H,7-8H2,1H3. The number of hydrogen-bond donors (Lipinski definition) is 3. The lowest BCUT2D eigenvalue weighted by Crippen LogP contribution is -2.23. The molecule has 26 heavy (non-hydrogen) atoms. The number of benzene rings is 2. The Hall–Kier alpha value is -2.39. The first-order valence-electron chi connectivity index (χ1n) is 7.49. The molecule has 0 fully saturated rings. The van der Waals surface area contributed by atoms with Crippen molar-refractivity contribution in [2.75, 3.05) is 18.5 Å². The van der Waals surface area contributed by atoms with Gasteiger partial charge in [0.1, 0.15) is 0 Å². The van der Waals surface area contributed by atoms with Crippen molar-refractivity contribution in [1.29, 1.82) is 0 Å². The maximum atomic E-state index is 13.9. The number of nitrogens with one attached hydrogen (secondary N) is 1. The molecule has 1 atom stereocenters. The van der Waals surface area contributed by atoms with Crippen molar-refractivity contribution in [2.45, 2.75) is 19.2 Å². The molecule has 0 aliphatic heterocycles. The van der Waals surface area contributed by atoms with Gasteiger partial charge in [-0.15, -0.1) is 0 Å². The Kier molecular flexibility index (Phi) is 6.04. The molecule has 0 aliphatic carbocycles. The molecule has 0 aliphatic rings. The second-order valence-corrected chi connectivity index (χ2v) is 5.59. The Morgan fingerprint density at radius 2 is 1.73 bits per heavy atom. The van der Waals surface area contributed by atoms with E-state index in [0.717, 1.165) is 5.56 Å². The van der Waals surface area contributed by atoms with Crippen molar-refractivity contribution in [2.24, 2.45) is 0 Å². The van der Waals surface area contributed by atoms with Crippen molar-refractivity contribution >= 4 is 5.69 Å². The maximum Gasteiger partial charge on any atom is 0.416 e. The van der Waals surface area contributed by atoms with Gasteiger partial charge in [0.05, 0.1) is 24.0 Å². The minimum absolute atomic E-state index is 0.0571. The molecule has 0 amide bonds. The van der Waals surface area contributed by atoms with Gasteiger partial charge in [-0.2, -0.15) is 13.2 Å². The van der Waals surface area contributed by atoms with E-state index < -0.39 is 41.8 Å². The highest BCUT2D eigenvalue weighted by Gasteiger charge is 2.33. The van der Waals surface area contributed by atoms with Crippen molar-refractivity contribution in [3.05, 3.63) is 53.1 Å². The van der Waals surface area contributed by atoms with E-state index in [4.69, 9.17) is 9.84 Å². The zero-order valence-corrected chi connectivity index (χ0v) is 13.6. The second-order valence-electron chi connectivity index (χ2n) is 5.59. The van der Waals surface area contributed by atoms with Crippen LogP contribution in [0.2, 0.25) is 0 Å². The summed E-state index contributed by atoms with van der Waals surface area (Å²) in [4.78, 5) is 0. The van der Waals surface area contributed by atoms with Crippen molar-refractivity contribution in [1.82, 2.24) is 0 Å². The first-order valence-corrected chi connectivity index (χ1v) is 7.49. The highest BCUT2D eigenvalue weighted by molar-refractivity contribution is 5.59. The summed E-state index contributed by atoms with van der Waals surface area (Å²) in [6, 6.07) is 4.80. The van der Waals surface area contributed by atoms with Gasteiger partial charge in [0.2, 0.25) is 0 Å². The van der Waals surface area contributed by atoms with Crippen LogP contribution in [0, 0.1) is 18.6 Å². The number of alkyl halides is 3. The predicted molar refractivity (Wildman–Crippen MR) is 84.2 cm³/mol. The zero-order chi connectivity index (χ0) is 19.5. The van der Waals surface area contributed by atoms with Gasteiger partial charge in [0.25, 0.3) is 0 Å². The van der Waals surface area contributed by atoms with Crippen LogP contribution in [0.3, 0.4) is 0 Å². The summed E-state index contributed by atoms with van der Waals surface area (Å²) in [5.41, 5.74) is -0.462. The monoisotopic (exact) mass is 377 g/mol. The number of aliphatic hydroxyl groups excluding tert-OH is 2. The van der Waals surface area contributed by atoms with Gasteiger partial charge in [-0.25, -0.2) is 8.78 Å². The summed E-state index contributed by atoms with van der Waals surface area (Å²) >= 11 is 0. The number of aliphatic hydroxyl groups is 2. The van der Waals surface area contributed by atoms with Crippen LogP contribution in [0.1, 0.15) is 11.1 Å². The van der Waals surface area contributed by atoms with Gasteiger partial charge in [-0.1, -0.05) is 6.07 Å². The molecule has 0 saturated heterocycles. The predicted octanol–water partition coefficient (Wildman–Crippen LogP) is 3.85. The zero-order valence-electron chi connectivity index (χ0n) is 13.6. The molecular weight excluding hydrogens is 361 g/mol. The van der Waals surface area contributed by atoms with Crippen molar-refractivity contribution in [3.63, 3.8) is 0 Å². The fraction of sp³-hybridized carbons (Fsp3) is 0.294. The van der Waals surface area contributed by atoms with E-state index in [1.165, 1.54) is 6.07 Å². The Labute approximate surface area is 145 Å². The third-order valence-corrected chi connectivity index (χ3v) is 3.41. The minimum Gasteiger partial charge on any atom is -0.449 e. The molecule has 142 valence electrons. The van der Waals surface area contributed by atoms with E-state index in [1.54, 1.807) is 19.1 Å². The number of hydrogen-bond acceptors (Lipinski definition) is 4. The molecule has 0 saturated carbocycles. The molecule has 2 aromatic carbocycles. The molecule has 3 N–H and O–H groups in total. The van der Waals surface area contributed by atoms with Gasteiger partial charge in [0.15, 0.2) is 23.1 Å². The third-order valence-electron chi connectivity index (χ3n) is 3.41. The first kappa shape index (κ1) is 19.9. The number of rotatable bonds is 6. The van der Waals surface area contributed by atoms with E-state index in [1.807, 2.05) is 0 Å². The number of anilines is 1. The van der Waals surface area contributed by atoms with Crippen LogP contribution in [0.25, 0.3) is 0 Å². The summed E-state index contributed by atoms with van der Waals surface area (Å²) in [5.74, 6) is -4.04. The van der Waals surface area contributed by atoms with Gasteiger partial charge in [0, 0.05) is 6.54 Å². The molecule has 0 bridgehead atoms. The highest BCUT2D eigenvalue weighted by atomic mass is 19.4. The van der Waals surface area contributed by atoms with Crippen molar-refractivity contribution < 1.29 is 36.9 Å². The molecule has 2 aromatic rings. The van der Waals surface area contributed by atoms with Crippen LogP contribution < -0.4 is 10.1 Å². The smallest absolute Gasteiger partial charge is 0.416 e. The maximum absolute atomic E-state index is 13.9. The second kappa shape index (κ2) is 7.88. The van der Waals surface area contributed by atoms with Gasteiger partial charge < -0.3 is 20.3 Å². The summed E-state index contributed by atoms with van der Waals surface area (Å²) < 4.78 is 70.8. The Morgan fingerprint density at radius 1 is 1.12 bits per heavy atom. The van der Waals surface area contributed by atoms with E-state index in [9.17, 15) is 27.1 Å². The quantitative estimate of drug-likeness (QED) is 0.670. The molecule has 9 heteroatoms. The number of ether oxygens (including phenoxy) is 1. The van der Waals surface area contributed by atoms with E-state index in [2.05, 4.69) is 5.32 Å². The molecule has 0 radical (unpaired) electrons. The lowest BCUT2D eigenvalue weighted by molar-refractivity contribution is -0.138. The molecule has 0 spiro atoms. The van der Waals surface area contributed by atoms with E-state index >= 15 is 0 Å². The Bertz CT molecular complexity index is 756. The Morgan fingerprint density at radius 3 is 2.27 bits per heavy atom. The normalized spacial score (nSPS) is 12.8. The first-order chi connectivity index (χ1) is 12.1. The van der Waals surface area contributed by atoms with Crippen LogP contribution in [0.4, 0.5) is 27.6 Å². The van der Waals surface area contributed by atoms with Crippen molar-refractivity contribution in [3.8, 4) is 11.5 Å². The van der Waals surface area contributed by atoms with Crippen LogP contribution in [0.15, 0.2) is 30.3 Å². The molecule has 2 rings (SSSR count). The lowest BCUT2D eigenvalue weighted by atomic mass is 10.1. The molecular formula is C17H16F5NO3. The molecule has 4 nitrogen and oxygen atoms in total. The molecule has 1 unspecified atom stereocenters. The van der Waals surface area contributed by atoms with Crippen LogP contribution >= 0.6 is 0 Å². The van der Waals surface area contributed by atoms with E-state index in [-0.39, 0.29) is 30.1 Å². The summed E-state index contributed by atoms with van der Waals surface area (Å²) in [6.45, 7) is 1.15. The average molecular weight is 377 g/mol. The fourth-order valence-electron chi connectivity index (χ4n) is 2.09. The number of aryl methyl sites for hydroxylation is 1. The fourth-order valence-corrected chi connectivity index (χ4v) is 2.09. The summed E-state index contributed by atoms with van der Waals surface area (Å²) in [5, 5.41) is 20.9. The average Bonchev–Trinajstić information content (AvgIpc) is 2.56. The van der Waals surface area contributed by atoms with E-state index in [0.29, 0.717) is 0 Å². The summed E-state index contributed by atoms with van der Waals surface area (Å²) in [6.07, 6.45) is -5.97. The summed E-state index contributed by atoms with van der Waals surface area (Å²) in [7, 11) is 0. The lowest BCUT2D eigenvalue weighted by Gasteiger charge is -2.17. The van der Waals surface area contributed by atoms with Gasteiger partial charge in [-0.05, 0) is 36.8 Å². The van der Waals surface area contributed by atoms with Gasteiger partial charge >= 0.3 is 6.18 Å².